The summed E-state index contributed by atoms with van der Waals surface area (Å²) in [4.78, 5) is 8.68. The molecule has 3 rings (SSSR count). The Balaban J connectivity index is 1.59. The maximum Gasteiger partial charge on any atom is 0.191 e. The van der Waals surface area contributed by atoms with E-state index in [9.17, 15) is 0 Å². The molecule has 0 bridgehead atoms. The molecule has 0 unspecified atom stereocenters. The first-order valence-corrected chi connectivity index (χ1v) is 11.9. The van der Waals surface area contributed by atoms with E-state index >= 15 is 0 Å². The minimum atomic E-state index is 0.0330. The van der Waals surface area contributed by atoms with Crippen LogP contribution in [0.25, 0.3) is 0 Å². The molecule has 1 fully saturated rings. The highest BCUT2D eigenvalue weighted by atomic mass is 32.1. The van der Waals surface area contributed by atoms with Gasteiger partial charge >= 0.3 is 0 Å². The van der Waals surface area contributed by atoms with Gasteiger partial charge in [0.15, 0.2) is 5.96 Å². The summed E-state index contributed by atoms with van der Waals surface area (Å²) in [6.07, 6.45) is 2.11. The van der Waals surface area contributed by atoms with Crippen molar-refractivity contribution in [2.45, 2.75) is 45.1 Å². The maximum atomic E-state index is 5.43. The van der Waals surface area contributed by atoms with Crippen LogP contribution in [0.3, 0.4) is 0 Å². The summed E-state index contributed by atoms with van der Waals surface area (Å²) < 4.78 is 10.9. The Morgan fingerprint density at radius 3 is 2.39 bits per heavy atom. The van der Waals surface area contributed by atoms with Gasteiger partial charge in [0, 0.05) is 59.9 Å². The fourth-order valence-corrected chi connectivity index (χ4v) is 4.63. The lowest BCUT2D eigenvalue weighted by Gasteiger charge is -2.35. The Morgan fingerprint density at radius 2 is 1.84 bits per heavy atom. The monoisotopic (exact) mass is 444 g/mol. The summed E-state index contributed by atoms with van der Waals surface area (Å²) in [7, 11) is 3.38. The maximum absolute atomic E-state index is 5.43. The van der Waals surface area contributed by atoms with Crippen LogP contribution in [0.5, 0.6) is 11.5 Å². The van der Waals surface area contributed by atoms with Crippen molar-refractivity contribution in [3.63, 3.8) is 0 Å². The van der Waals surface area contributed by atoms with E-state index in [0.29, 0.717) is 6.04 Å². The molecule has 0 spiro atoms. The van der Waals surface area contributed by atoms with E-state index in [2.05, 4.69) is 66.0 Å². The Labute approximate surface area is 190 Å². The van der Waals surface area contributed by atoms with Crippen molar-refractivity contribution in [1.82, 2.24) is 10.6 Å². The van der Waals surface area contributed by atoms with E-state index in [-0.39, 0.29) is 5.41 Å². The van der Waals surface area contributed by atoms with Crippen molar-refractivity contribution in [2.75, 3.05) is 45.3 Å². The molecule has 7 heteroatoms. The number of thiophene rings is 1. The van der Waals surface area contributed by atoms with Crippen LogP contribution in [-0.4, -0.2) is 52.4 Å². The number of hydrogen-bond acceptors (Lipinski definition) is 5. The first-order valence-electron chi connectivity index (χ1n) is 11.0. The Kier molecular flexibility index (Phi) is 8.07. The van der Waals surface area contributed by atoms with E-state index in [0.717, 1.165) is 62.2 Å². The highest BCUT2D eigenvalue weighted by Gasteiger charge is 2.23. The van der Waals surface area contributed by atoms with Gasteiger partial charge in [-0.1, -0.05) is 19.9 Å². The van der Waals surface area contributed by atoms with Gasteiger partial charge in [-0.2, -0.15) is 0 Å². The summed E-state index contributed by atoms with van der Waals surface area (Å²) >= 11 is 1.80. The van der Waals surface area contributed by atoms with E-state index in [1.165, 1.54) is 4.88 Å². The fraction of sp³-hybridized carbons (Fsp3) is 0.542. The third-order valence-electron chi connectivity index (χ3n) is 5.70. The SMILES string of the molecule is CCNC(=NCC(C)(C)c1cccs1)NC1CCN(c2cc(OC)cc(OC)c2)CC1. The molecule has 1 aliphatic heterocycles. The van der Waals surface area contributed by atoms with Gasteiger partial charge in [0.1, 0.15) is 11.5 Å². The van der Waals surface area contributed by atoms with Crippen LogP contribution in [-0.2, 0) is 5.41 Å². The summed E-state index contributed by atoms with van der Waals surface area (Å²) in [5.41, 5.74) is 1.18. The van der Waals surface area contributed by atoms with Gasteiger partial charge < -0.3 is 25.0 Å². The first kappa shape index (κ1) is 23.3. The van der Waals surface area contributed by atoms with Gasteiger partial charge in [0.05, 0.1) is 20.8 Å². The Bertz CT molecular complexity index is 821. The third kappa shape index (κ3) is 6.29. The van der Waals surface area contributed by atoms with E-state index in [4.69, 9.17) is 14.5 Å². The van der Waals surface area contributed by atoms with Crippen molar-refractivity contribution < 1.29 is 9.47 Å². The number of benzene rings is 1. The van der Waals surface area contributed by atoms with Crippen LogP contribution in [0.2, 0.25) is 0 Å². The summed E-state index contributed by atoms with van der Waals surface area (Å²) in [6.45, 7) is 10.2. The van der Waals surface area contributed by atoms with Gasteiger partial charge in [0.25, 0.3) is 0 Å². The number of guanidine groups is 1. The van der Waals surface area contributed by atoms with Crippen LogP contribution in [0.4, 0.5) is 5.69 Å². The van der Waals surface area contributed by atoms with Crippen LogP contribution in [0.1, 0.15) is 38.5 Å². The number of piperidine rings is 1. The molecular weight excluding hydrogens is 408 g/mol. The summed E-state index contributed by atoms with van der Waals surface area (Å²) in [5.74, 6) is 2.56. The summed E-state index contributed by atoms with van der Waals surface area (Å²) in [6, 6.07) is 10.8. The van der Waals surface area contributed by atoms with Crippen molar-refractivity contribution in [1.29, 1.82) is 0 Å². The van der Waals surface area contributed by atoms with Crippen LogP contribution in [0.15, 0.2) is 40.7 Å². The minimum absolute atomic E-state index is 0.0330. The number of rotatable bonds is 8. The number of anilines is 1. The molecule has 0 aliphatic carbocycles. The fourth-order valence-electron chi connectivity index (χ4n) is 3.79. The third-order valence-corrected chi connectivity index (χ3v) is 6.94. The summed E-state index contributed by atoms with van der Waals surface area (Å²) in [5, 5.41) is 9.21. The second-order valence-corrected chi connectivity index (χ2v) is 9.48. The lowest BCUT2D eigenvalue weighted by molar-refractivity contribution is 0.393. The Morgan fingerprint density at radius 1 is 1.16 bits per heavy atom. The molecule has 1 aliphatic rings. The lowest BCUT2D eigenvalue weighted by Crippen LogP contribution is -2.49. The number of nitrogens with zero attached hydrogens (tertiary/aromatic N) is 2. The van der Waals surface area contributed by atoms with E-state index < -0.39 is 0 Å². The molecule has 2 N–H and O–H groups in total. The predicted octanol–water partition coefficient (Wildman–Crippen LogP) is 4.27. The number of hydrogen-bond donors (Lipinski definition) is 2. The van der Waals surface area contributed by atoms with Gasteiger partial charge in [0.2, 0.25) is 0 Å². The van der Waals surface area contributed by atoms with Gasteiger partial charge in [-0.3, -0.25) is 4.99 Å². The number of nitrogens with one attached hydrogen (secondary N) is 2. The van der Waals surface area contributed by atoms with Crippen molar-refractivity contribution in [3.05, 3.63) is 40.6 Å². The van der Waals surface area contributed by atoms with Crippen molar-refractivity contribution in [2.24, 2.45) is 4.99 Å². The highest BCUT2D eigenvalue weighted by Crippen LogP contribution is 2.30. The van der Waals surface area contributed by atoms with Gasteiger partial charge in [-0.15, -0.1) is 11.3 Å². The zero-order valence-electron chi connectivity index (χ0n) is 19.4. The molecule has 0 amide bonds. The minimum Gasteiger partial charge on any atom is -0.497 e. The molecule has 1 aromatic carbocycles. The molecule has 2 heterocycles. The first-order chi connectivity index (χ1) is 14.9. The molecule has 0 radical (unpaired) electrons. The molecule has 6 nitrogen and oxygen atoms in total. The molecule has 1 saturated heterocycles. The quantitative estimate of drug-likeness (QED) is 0.470. The van der Waals surface area contributed by atoms with Crippen LogP contribution in [0, 0.1) is 0 Å². The largest absolute Gasteiger partial charge is 0.497 e. The smallest absolute Gasteiger partial charge is 0.191 e. The lowest BCUT2D eigenvalue weighted by atomic mass is 9.92. The predicted molar refractivity (Wildman–Crippen MR) is 131 cm³/mol. The van der Waals surface area contributed by atoms with Gasteiger partial charge in [-0.05, 0) is 31.2 Å². The molecule has 0 atom stereocenters. The van der Waals surface area contributed by atoms with Crippen molar-refractivity contribution in [3.8, 4) is 11.5 Å². The highest BCUT2D eigenvalue weighted by molar-refractivity contribution is 7.10. The average Bonchev–Trinajstić information content (AvgIpc) is 3.34. The number of aliphatic imine (C=N–C) groups is 1. The molecule has 2 aromatic rings. The number of ether oxygens (including phenoxy) is 2. The second kappa shape index (κ2) is 10.8. The Hall–Kier alpha value is -2.41. The van der Waals surface area contributed by atoms with Crippen molar-refractivity contribution >= 4 is 23.0 Å². The molecule has 0 saturated carbocycles. The zero-order valence-corrected chi connectivity index (χ0v) is 20.2. The normalized spacial score (nSPS) is 15.6. The molecule has 170 valence electrons. The zero-order chi connectivity index (χ0) is 22.3. The van der Waals surface area contributed by atoms with Crippen LogP contribution >= 0.6 is 11.3 Å². The van der Waals surface area contributed by atoms with E-state index in [1.807, 2.05) is 6.07 Å². The molecule has 31 heavy (non-hydrogen) atoms. The standard InChI is InChI=1S/C24H36N4O2S/c1-6-25-23(26-17-24(2,3)22-8-7-13-31-22)27-18-9-11-28(12-10-18)19-14-20(29-4)16-21(15-19)30-5/h7-8,13-16,18H,6,9-12,17H2,1-5H3,(H2,25,26,27). The van der Waals surface area contributed by atoms with E-state index in [1.54, 1.807) is 25.6 Å². The second-order valence-electron chi connectivity index (χ2n) is 8.53. The molecular formula is C24H36N4O2S. The van der Waals surface area contributed by atoms with Crippen LogP contribution < -0.4 is 25.0 Å². The van der Waals surface area contributed by atoms with Gasteiger partial charge in [-0.25, -0.2) is 0 Å². The average molecular weight is 445 g/mol. The molecule has 1 aromatic heterocycles. The number of methoxy groups -OCH3 is 2. The topological polar surface area (TPSA) is 58.1 Å².